The molecule has 94 valence electrons. The standard InChI is InChI=1S/C11H13BrO5/c1-16-8-4-6(3-7(13)11(14)15)5-9(17-2)10(8)12/h4-5,7,13H,3H2,1-2H3,(H,14,15). The molecule has 0 amide bonds. The zero-order valence-electron chi connectivity index (χ0n) is 9.44. The second-order valence-electron chi connectivity index (χ2n) is 3.37. The summed E-state index contributed by atoms with van der Waals surface area (Å²) in [6, 6.07) is 3.30. The van der Waals surface area contributed by atoms with Gasteiger partial charge in [0.1, 0.15) is 16.0 Å². The van der Waals surface area contributed by atoms with Gasteiger partial charge in [-0.05, 0) is 33.6 Å². The molecule has 1 unspecified atom stereocenters. The highest BCUT2D eigenvalue weighted by molar-refractivity contribution is 9.10. The van der Waals surface area contributed by atoms with E-state index in [1.54, 1.807) is 12.1 Å². The maximum atomic E-state index is 10.6. The number of hydrogen-bond donors (Lipinski definition) is 2. The molecule has 6 heteroatoms. The van der Waals surface area contributed by atoms with Gasteiger partial charge in [0, 0.05) is 6.42 Å². The van der Waals surface area contributed by atoms with Crippen molar-refractivity contribution in [2.75, 3.05) is 14.2 Å². The minimum atomic E-state index is -1.44. The number of ether oxygens (including phenoxy) is 2. The third-order valence-corrected chi connectivity index (χ3v) is 3.00. The molecule has 0 aliphatic rings. The van der Waals surface area contributed by atoms with Crippen LogP contribution in [-0.2, 0) is 11.2 Å². The van der Waals surface area contributed by atoms with Crippen LogP contribution in [0.25, 0.3) is 0 Å². The third-order valence-electron chi connectivity index (χ3n) is 2.22. The monoisotopic (exact) mass is 304 g/mol. The minimum absolute atomic E-state index is 0.00463. The molecule has 0 saturated carbocycles. The topological polar surface area (TPSA) is 76.0 Å². The zero-order chi connectivity index (χ0) is 13.0. The molecule has 1 rings (SSSR count). The number of aliphatic hydroxyl groups excluding tert-OH is 1. The van der Waals surface area contributed by atoms with Gasteiger partial charge in [-0.2, -0.15) is 0 Å². The number of aliphatic hydroxyl groups is 1. The lowest BCUT2D eigenvalue weighted by Crippen LogP contribution is -2.22. The number of benzene rings is 1. The van der Waals surface area contributed by atoms with Crippen LogP contribution in [-0.4, -0.2) is 36.5 Å². The predicted molar refractivity (Wildman–Crippen MR) is 64.6 cm³/mol. The number of methoxy groups -OCH3 is 2. The highest BCUT2D eigenvalue weighted by Gasteiger charge is 2.16. The average molecular weight is 305 g/mol. The number of aliphatic carboxylic acids is 1. The fourth-order valence-corrected chi connectivity index (χ4v) is 1.90. The molecular weight excluding hydrogens is 292 g/mol. The summed E-state index contributed by atoms with van der Waals surface area (Å²) in [5.74, 6) is -0.209. The van der Waals surface area contributed by atoms with E-state index in [2.05, 4.69) is 15.9 Å². The van der Waals surface area contributed by atoms with Gasteiger partial charge in [-0.15, -0.1) is 0 Å². The zero-order valence-corrected chi connectivity index (χ0v) is 11.0. The van der Waals surface area contributed by atoms with Gasteiger partial charge in [0.2, 0.25) is 0 Å². The Morgan fingerprint density at radius 1 is 1.35 bits per heavy atom. The molecule has 1 aromatic carbocycles. The largest absolute Gasteiger partial charge is 0.495 e. The first-order valence-electron chi connectivity index (χ1n) is 4.80. The molecule has 1 atom stereocenters. The quantitative estimate of drug-likeness (QED) is 0.861. The van der Waals surface area contributed by atoms with Gasteiger partial charge >= 0.3 is 5.97 Å². The van der Waals surface area contributed by atoms with E-state index in [4.69, 9.17) is 14.6 Å². The van der Waals surface area contributed by atoms with Crippen LogP contribution in [0.3, 0.4) is 0 Å². The van der Waals surface area contributed by atoms with Crippen LogP contribution in [0.15, 0.2) is 16.6 Å². The Labute approximate surface area is 107 Å². The molecule has 1 aromatic rings. The van der Waals surface area contributed by atoms with Crippen molar-refractivity contribution in [2.24, 2.45) is 0 Å². The van der Waals surface area contributed by atoms with Crippen LogP contribution in [0.1, 0.15) is 5.56 Å². The molecule has 0 aromatic heterocycles. The first-order valence-corrected chi connectivity index (χ1v) is 5.60. The molecular formula is C11H13BrO5. The Balaban J connectivity index is 3.05. The van der Waals surface area contributed by atoms with E-state index in [0.717, 1.165) is 0 Å². The van der Waals surface area contributed by atoms with Crippen molar-refractivity contribution in [2.45, 2.75) is 12.5 Å². The summed E-state index contributed by atoms with van der Waals surface area (Å²) in [4.78, 5) is 10.6. The van der Waals surface area contributed by atoms with Crippen molar-refractivity contribution in [3.63, 3.8) is 0 Å². The van der Waals surface area contributed by atoms with E-state index in [9.17, 15) is 9.90 Å². The second-order valence-corrected chi connectivity index (χ2v) is 4.17. The lowest BCUT2D eigenvalue weighted by molar-refractivity contribution is -0.146. The summed E-state index contributed by atoms with van der Waals surface area (Å²) >= 11 is 3.30. The van der Waals surface area contributed by atoms with E-state index >= 15 is 0 Å². The van der Waals surface area contributed by atoms with E-state index in [-0.39, 0.29) is 6.42 Å². The molecule has 0 spiro atoms. The molecule has 0 radical (unpaired) electrons. The minimum Gasteiger partial charge on any atom is -0.495 e. The Kier molecular flexibility index (Phi) is 4.77. The van der Waals surface area contributed by atoms with E-state index < -0.39 is 12.1 Å². The maximum absolute atomic E-state index is 10.6. The van der Waals surface area contributed by atoms with Crippen LogP contribution < -0.4 is 9.47 Å². The fourth-order valence-electron chi connectivity index (χ4n) is 1.35. The Hall–Kier alpha value is -1.27. The smallest absolute Gasteiger partial charge is 0.332 e. The average Bonchev–Trinajstić information content (AvgIpc) is 2.30. The number of carboxylic acids is 1. The molecule has 17 heavy (non-hydrogen) atoms. The molecule has 0 aliphatic carbocycles. The van der Waals surface area contributed by atoms with Crippen molar-refractivity contribution in [1.82, 2.24) is 0 Å². The SMILES string of the molecule is COc1cc(CC(O)C(=O)O)cc(OC)c1Br. The van der Waals surface area contributed by atoms with Gasteiger partial charge in [0.15, 0.2) is 6.10 Å². The number of carbonyl (C=O) groups is 1. The van der Waals surface area contributed by atoms with Gasteiger partial charge in [-0.3, -0.25) is 0 Å². The van der Waals surface area contributed by atoms with Gasteiger partial charge in [0.05, 0.1) is 14.2 Å². The fraction of sp³-hybridized carbons (Fsp3) is 0.364. The van der Waals surface area contributed by atoms with Crippen LogP contribution in [0.4, 0.5) is 0 Å². The molecule has 0 saturated heterocycles. The van der Waals surface area contributed by atoms with Crippen molar-refractivity contribution in [3.05, 3.63) is 22.2 Å². The molecule has 2 N–H and O–H groups in total. The van der Waals surface area contributed by atoms with Gasteiger partial charge < -0.3 is 19.7 Å². The van der Waals surface area contributed by atoms with Gasteiger partial charge in [-0.1, -0.05) is 0 Å². The van der Waals surface area contributed by atoms with Crippen LogP contribution in [0.5, 0.6) is 11.5 Å². The molecule has 5 nitrogen and oxygen atoms in total. The highest BCUT2D eigenvalue weighted by atomic mass is 79.9. The van der Waals surface area contributed by atoms with E-state index in [0.29, 0.717) is 21.5 Å². The van der Waals surface area contributed by atoms with Crippen LogP contribution in [0, 0.1) is 0 Å². The Morgan fingerprint density at radius 3 is 2.18 bits per heavy atom. The maximum Gasteiger partial charge on any atom is 0.332 e. The van der Waals surface area contributed by atoms with Gasteiger partial charge in [0.25, 0.3) is 0 Å². The summed E-state index contributed by atoms with van der Waals surface area (Å²) in [5, 5.41) is 17.9. The van der Waals surface area contributed by atoms with Crippen molar-refractivity contribution in [3.8, 4) is 11.5 Å². The van der Waals surface area contributed by atoms with E-state index in [1.165, 1.54) is 14.2 Å². The number of carboxylic acid groups (broad SMARTS) is 1. The predicted octanol–water partition coefficient (Wildman–Crippen LogP) is 1.45. The third kappa shape index (κ3) is 3.34. The van der Waals surface area contributed by atoms with Gasteiger partial charge in [-0.25, -0.2) is 4.79 Å². The molecule has 0 fully saturated rings. The number of hydrogen-bond acceptors (Lipinski definition) is 4. The summed E-state index contributed by atoms with van der Waals surface area (Å²) in [6.45, 7) is 0. The van der Waals surface area contributed by atoms with Crippen LogP contribution >= 0.6 is 15.9 Å². The summed E-state index contributed by atoms with van der Waals surface area (Å²) in [7, 11) is 2.99. The number of halogens is 1. The summed E-state index contributed by atoms with van der Waals surface area (Å²) < 4.78 is 10.9. The van der Waals surface area contributed by atoms with E-state index in [1.807, 2.05) is 0 Å². The lowest BCUT2D eigenvalue weighted by Gasteiger charge is -2.12. The highest BCUT2D eigenvalue weighted by Crippen LogP contribution is 2.35. The Bertz CT molecular complexity index is 393. The lowest BCUT2D eigenvalue weighted by atomic mass is 10.1. The summed E-state index contributed by atoms with van der Waals surface area (Å²) in [6.07, 6.45) is -1.44. The normalized spacial score (nSPS) is 12.0. The summed E-state index contributed by atoms with van der Waals surface area (Å²) in [5.41, 5.74) is 0.622. The Morgan fingerprint density at radius 2 is 1.82 bits per heavy atom. The van der Waals surface area contributed by atoms with Crippen molar-refractivity contribution >= 4 is 21.9 Å². The first kappa shape index (κ1) is 13.8. The molecule has 0 bridgehead atoms. The number of rotatable bonds is 5. The molecule has 0 heterocycles. The van der Waals surface area contributed by atoms with Crippen LogP contribution in [0.2, 0.25) is 0 Å². The molecule has 0 aliphatic heterocycles. The van der Waals surface area contributed by atoms with Crippen molar-refractivity contribution in [1.29, 1.82) is 0 Å². The first-order chi connectivity index (χ1) is 7.99. The second kappa shape index (κ2) is 5.88. The van der Waals surface area contributed by atoms with Crippen molar-refractivity contribution < 1.29 is 24.5 Å².